The lowest BCUT2D eigenvalue weighted by Gasteiger charge is -2.32. The summed E-state index contributed by atoms with van der Waals surface area (Å²) in [6.07, 6.45) is 0. The molecule has 0 radical (unpaired) electrons. The van der Waals surface area contributed by atoms with Crippen molar-refractivity contribution >= 4 is 0 Å². The number of hydrogen-bond acceptors (Lipinski definition) is 3. The molecule has 0 bridgehead atoms. The molecule has 2 unspecified atom stereocenters. The van der Waals surface area contributed by atoms with E-state index in [2.05, 4.69) is 70.9 Å². The molecule has 0 aliphatic heterocycles. The molecular formula is C14H33N3. The smallest absolute Gasteiger partial charge is 0.0109 e. The fraction of sp³-hybridized carbons (Fsp3) is 1.00. The summed E-state index contributed by atoms with van der Waals surface area (Å²) < 4.78 is 0. The molecule has 0 saturated heterocycles. The number of rotatable bonds is 7. The van der Waals surface area contributed by atoms with E-state index in [9.17, 15) is 0 Å². The van der Waals surface area contributed by atoms with Crippen molar-refractivity contribution in [1.82, 2.24) is 15.1 Å². The Hall–Kier alpha value is -0.120. The van der Waals surface area contributed by atoms with Crippen LogP contribution in [0.1, 0.15) is 34.6 Å². The Labute approximate surface area is 109 Å². The molecule has 1 N–H and O–H groups in total. The lowest BCUT2D eigenvalue weighted by atomic mass is 10.00. The lowest BCUT2D eigenvalue weighted by molar-refractivity contribution is 0.175. The number of nitrogens with one attached hydrogen (secondary N) is 1. The van der Waals surface area contributed by atoms with Crippen LogP contribution in [-0.2, 0) is 0 Å². The van der Waals surface area contributed by atoms with Gasteiger partial charge in [-0.1, -0.05) is 6.92 Å². The summed E-state index contributed by atoms with van der Waals surface area (Å²) in [5, 5.41) is 3.59. The van der Waals surface area contributed by atoms with Gasteiger partial charge in [0.2, 0.25) is 0 Å². The van der Waals surface area contributed by atoms with Crippen molar-refractivity contribution in [1.29, 1.82) is 0 Å². The highest BCUT2D eigenvalue weighted by Gasteiger charge is 2.19. The predicted molar refractivity (Wildman–Crippen MR) is 77.6 cm³/mol. The van der Waals surface area contributed by atoms with Gasteiger partial charge in [0.05, 0.1) is 0 Å². The van der Waals surface area contributed by atoms with Gasteiger partial charge in [-0.25, -0.2) is 0 Å². The minimum Gasteiger partial charge on any atom is -0.312 e. The van der Waals surface area contributed by atoms with Gasteiger partial charge in [-0.3, -0.25) is 0 Å². The summed E-state index contributed by atoms with van der Waals surface area (Å²) >= 11 is 0. The minimum absolute atomic E-state index is 0.218. The molecule has 0 aliphatic rings. The quantitative estimate of drug-likeness (QED) is 0.737. The van der Waals surface area contributed by atoms with Crippen molar-refractivity contribution in [3.05, 3.63) is 0 Å². The van der Waals surface area contributed by atoms with Gasteiger partial charge in [0.1, 0.15) is 0 Å². The number of nitrogens with zero attached hydrogens (tertiary/aromatic N) is 2. The van der Waals surface area contributed by atoms with Crippen LogP contribution in [-0.4, -0.2) is 62.2 Å². The van der Waals surface area contributed by atoms with E-state index in [1.807, 2.05) is 0 Å². The van der Waals surface area contributed by atoms with Gasteiger partial charge in [0, 0.05) is 24.7 Å². The maximum atomic E-state index is 3.59. The predicted octanol–water partition coefficient (Wildman–Crippen LogP) is 1.89. The summed E-state index contributed by atoms with van der Waals surface area (Å²) in [7, 11) is 6.48. The summed E-state index contributed by atoms with van der Waals surface area (Å²) in [6.45, 7) is 14.7. The average molecular weight is 243 g/mol. The van der Waals surface area contributed by atoms with Crippen LogP contribution in [0.15, 0.2) is 0 Å². The molecular weight excluding hydrogens is 210 g/mol. The van der Waals surface area contributed by atoms with Gasteiger partial charge in [0.15, 0.2) is 0 Å². The Balaban J connectivity index is 3.98. The molecule has 2 atom stereocenters. The maximum absolute atomic E-state index is 3.59. The van der Waals surface area contributed by atoms with Gasteiger partial charge < -0.3 is 15.1 Å². The first kappa shape index (κ1) is 16.9. The zero-order chi connectivity index (χ0) is 13.6. The lowest BCUT2D eigenvalue weighted by Crippen LogP contribution is -2.45. The van der Waals surface area contributed by atoms with Crippen LogP contribution in [0.25, 0.3) is 0 Å². The Morgan fingerprint density at radius 3 is 1.94 bits per heavy atom. The molecule has 0 spiro atoms. The fourth-order valence-electron chi connectivity index (χ4n) is 1.63. The Morgan fingerprint density at radius 1 is 1.00 bits per heavy atom. The molecule has 104 valence electrons. The van der Waals surface area contributed by atoms with E-state index in [1.165, 1.54) is 0 Å². The van der Waals surface area contributed by atoms with Crippen LogP contribution < -0.4 is 5.32 Å². The molecule has 0 aromatic carbocycles. The standard InChI is InChI=1S/C14H33N3/c1-12(11-15-14(3,4)5)13(2)17(8)10-9-16(6)7/h12-13,15H,9-11H2,1-8H3. The first-order valence-electron chi connectivity index (χ1n) is 6.73. The molecule has 0 aliphatic carbocycles. The molecule has 0 rings (SSSR count). The highest BCUT2D eigenvalue weighted by atomic mass is 15.2. The van der Waals surface area contributed by atoms with Crippen molar-refractivity contribution in [3.8, 4) is 0 Å². The van der Waals surface area contributed by atoms with Crippen molar-refractivity contribution in [2.75, 3.05) is 40.8 Å². The molecule has 17 heavy (non-hydrogen) atoms. The van der Waals surface area contributed by atoms with Gasteiger partial charge >= 0.3 is 0 Å². The molecule has 0 aromatic heterocycles. The second-order valence-corrected chi connectivity index (χ2v) is 6.63. The summed E-state index contributed by atoms with van der Waals surface area (Å²) in [6, 6.07) is 0.616. The minimum atomic E-state index is 0.218. The van der Waals surface area contributed by atoms with Crippen LogP contribution in [0.4, 0.5) is 0 Å². The van der Waals surface area contributed by atoms with Crippen LogP contribution in [0.5, 0.6) is 0 Å². The Kier molecular flexibility index (Phi) is 7.29. The zero-order valence-electron chi connectivity index (χ0n) is 13.2. The summed E-state index contributed by atoms with van der Waals surface area (Å²) in [5.41, 5.74) is 0.218. The molecule has 0 amide bonds. The molecule has 0 fully saturated rings. The third-order valence-electron chi connectivity index (χ3n) is 3.37. The second-order valence-electron chi connectivity index (χ2n) is 6.63. The van der Waals surface area contributed by atoms with Crippen LogP contribution in [0.2, 0.25) is 0 Å². The largest absolute Gasteiger partial charge is 0.312 e. The van der Waals surface area contributed by atoms with E-state index in [-0.39, 0.29) is 5.54 Å². The molecule has 0 aromatic rings. The summed E-state index contributed by atoms with van der Waals surface area (Å²) in [4.78, 5) is 4.69. The third-order valence-corrected chi connectivity index (χ3v) is 3.37. The third kappa shape index (κ3) is 8.58. The average Bonchev–Trinajstić information content (AvgIpc) is 2.20. The van der Waals surface area contributed by atoms with E-state index in [0.29, 0.717) is 12.0 Å². The number of likely N-dealkylation sites (N-methyl/N-ethyl adjacent to an activating group) is 2. The van der Waals surface area contributed by atoms with Crippen molar-refractivity contribution in [2.24, 2.45) is 5.92 Å². The van der Waals surface area contributed by atoms with Gasteiger partial charge in [-0.2, -0.15) is 0 Å². The van der Waals surface area contributed by atoms with Crippen molar-refractivity contribution in [3.63, 3.8) is 0 Å². The highest BCUT2D eigenvalue weighted by molar-refractivity contribution is 4.77. The second kappa shape index (κ2) is 7.34. The van der Waals surface area contributed by atoms with E-state index in [1.54, 1.807) is 0 Å². The SMILES string of the molecule is CC(CNC(C)(C)C)C(C)N(C)CCN(C)C. The first-order chi connectivity index (χ1) is 7.63. The Morgan fingerprint density at radius 2 is 1.53 bits per heavy atom. The molecule has 3 nitrogen and oxygen atoms in total. The molecule has 3 heteroatoms. The first-order valence-corrected chi connectivity index (χ1v) is 6.73. The van der Waals surface area contributed by atoms with Crippen molar-refractivity contribution < 1.29 is 0 Å². The molecule has 0 saturated carbocycles. The van der Waals surface area contributed by atoms with Gasteiger partial charge in [0.25, 0.3) is 0 Å². The summed E-state index contributed by atoms with van der Waals surface area (Å²) in [5.74, 6) is 0.668. The topological polar surface area (TPSA) is 18.5 Å². The number of hydrogen-bond donors (Lipinski definition) is 1. The monoisotopic (exact) mass is 243 g/mol. The van der Waals surface area contributed by atoms with Gasteiger partial charge in [-0.05, 0) is 61.3 Å². The zero-order valence-corrected chi connectivity index (χ0v) is 13.2. The normalized spacial score (nSPS) is 16.6. The molecule has 0 heterocycles. The fourth-order valence-corrected chi connectivity index (χ4v) is 1.63. The Bertz CT molecular complexity index is 196. The highest BCUT2D eigenvalue weighted by Crippen LogP contribution is 2.10. The van der Waals surface area contributed by atoms with Crippen LogP contribution >= 0.6 is 0 Å². The van der Waals surface area contributed by atoms with E-state index in [0.717, 1.165) is 19.6 Å². The van der Waals surface area contributed by atoms with Crippen molar-refractivity contribution in [2.45, 2.75) is 46.2 Å². The van der Waals surface area contributed by atoms with Crippen LogP contribution in [0.3, 0.4) is 0 Å². The van der Waals surface area contributed by atoms with Gasteiger partial charge in [-0.15, -0.1) is 0 Å². The van der Waals surface area contributed by atoms with E-state index >= 15 is 0 Å². The van der Waals surface area contributed by atoms with E-state index in [4.69, 9.17) is 0 Å². The van der Waals surface area contributed by atoms with Crippen LogP contribution in [0, 0.1) is 5.92 Å². The maximum Gasteiger partial charge on any atom is 0.0109 e. The van der Waals surface area contributed by atoms with E-state index < -0.39 is 0 Å².